The van der Waals surface area contributed by atoms with Crippen molar-refractivity contribution in [1.82, 2.24) is 5.43 Å². The van der Waals surface area contributed by atoms with Gasteiger partial charge in [-0.1, -0.05) is 12.1 Å². The second-order valence-electron chi connectivity index (χ2n) is 3.59. The molecule has 2 atom stereocenters. The molecule has 0 aliphatic rings. The van der Waals surface area contributed by atoms with Crippen LogP contribution in [-0.2, 0) is 4.74 Å². The second-order valence-corrected chi connectivity index (χ2v) is 3.59. The number of ether oxygens (including phenoxy) is 2. The average Bonchev–Trinajstić information content (AvgIpc) is 2.32. The van der Waals surface area contributed by atoms with E-state index in [4.69, 9.17) is 15.3 Å². The van der Waals surface area contributed by atoms with Crippen LogP contribution in [0.2, 0.25) is 0 Å². The van der Waals surface area contributed by atoms with Crippen LogP contribution in [0.15, 0.2) is 24.3 Å². The van der Waals surface area contributed by atoms with Crippen molar-refractivity contribution in [2.24, 2.45) is 5.84 Å². The first kappa shape index (κ1) is 13.0. The summed E-state index contributed by atoms with van der Waals surface area (Å²) < 4.78 is 10.6. The number of methoxy groups -OCH3 is 1. The summed E-state index contributed by atoms with van der Waals surface area (Å²) in [5.41, 5.74) is 3.84. The van der Waals surface area contributed by atoms with E-state index in [2.05, 4.69) is 5.43 Å². The summed E-state index contributed by atoms with van der Waals surface area (Å²) >= 11 is 0. The van der Waals surface area contributed by atoms with Gasteiger partial charge in [0, 0.05) is 7.11 Å². The van der Waals surface area contributed by atoms with Crippen molar-refractivity contribution in [2.75, 3.05) is 13.7 Å². The third kappa shape index (κ3) is 3.20. The lowest BCUT2D eigenvalue weighted by Crippen LogP contribution is -2.36. The number of nitrogens with two attached hydrogens (primary N) is 1. The highest BCUT2D eigenvalue weighted by Gasteiger charge is 2.17. The molecule has 1 aromatic rings. The van der Waals surface area contributed by atoms with Crippen molar-refractivity contribution in [3.8, 4) is 5.75 Å². The van der Waals surface area contributed by atoms with Gasteiger partial charge in [0.25, 0.3) is 0 Å². The third-order valence-corrected chi connectivity index (χ3v) is 2.57. The van der Waals surface area contributed by atoms with E-state index in [-0.39, 0.29) is 12.1 Å². The lowest BCUT2D eigenvalue weighted by Gasteiger charge is -2.22. The van der Waals surface area contributed by atoms with Gasteiger partial charge in [0.05, 0.1) is 18.8 Å². The average molecular weight is 224 g/mol. The van der Waals surface area contributed by atoms with Crippen LogP contribution in [0.3, 0.4) is 0 Å². The summed E-state index contributed by atoms with van der Waals surface area (Å²) in [7, 11) is 1.67. The number of benzene rings is 1. The van der Waals surface area contributed by atoms with Gasteiger partial charge in [-0.2, -0.15) is 0 Å². The third-order valence-electron chi connectivity index (χ3n) is 2.57. The van der Waals surface area contributed by atoms with Crippen LogP contribution in [0.5, 0.6) is 5.75 Å². The fourth-order valence-corrected chi connectivity index (χ4v) is 1.58. The molecule has 4 heteroatoms. The Morgan fingerprint density at radius 1 is 1.31 bits per heavy atom. The predicted molar refractivity (Wildman–Crippen MR) is 64.1 cm³/mol. The zero-order valence-corrected chi connectivity index (χ0v) is 10.1. The SMILES string of the molecule is CCOc1ccc(C(NN)C(C)OC)cc1. The molecule has 0 aliphatic heterocycles. The Labute approximate surface area is 96.7 Å². The summed E-state index contributed by atoms with van der Waals surface area (Å²) in [5.74, 6) is 6.38. The molecule has 16 heavy (non-hydrogen) atoms. The molecular formula is C12H20N2O2. The highest BCUT2D eigenvalue weighted by atomic mass is 16.5. The van der Waals surface area contributed by atoms with E-state index in [1.54, 1.807) is 7.11 Å². The normalized spacial score (nSPS) is 14.5. The summed E-state index contributed by atoms with van der Waals surface area (Å²) in [6.07, 6.45) is 0.0166. The van der Waals surface area contributed by atoms with Crippen LogP contribution in [0.1, 0.15) is 25.5 Å². The van der Waals surface area contributed by atoms with Crippen LogP contribution >= 0.6 is 0 Å². The minimum absolute atomic E-state index is 0.0133. The molecule has 3 N–H and O–H groups in total. The van der Waals surface area contributed by atoms with Crippen molar-refractivity contribution >= 4 is 0 Å². The Kier molecular flexibility index (Phi) is 5.25. The second kappa shape index (κ2) is 6.48. The fraction of sp³-hybridized carbons (Fsp3) is 0.500. The van der Waals surface area contributed by atoms with Crippen LogP contribution in [0.25, 0.3) is 0 Å². The van der Waals surface area contributed by atoms with Gasteiger partial charge in [0.2, 0.25) is 0 Å². The fourth-order valence-electron chi connectivity index (χ4n) is 1.58. The van der Waals surface area contributed by atoms with E-state index in [0.29, 0.717) is 6.61 Å². The van der Waals surface area contributed by atoms with Gasteiger partial charge in [-0.05, 0) is 31.5 Å². The highest BCUT2D eigenvalue weighted by Crippen LogP contribution is 2.21. The molecule has 0 saturated heterocycles. The molecule has 0 aromatic heterocycles. The topological polar surface area (TPSA) is 56.5 Å². The molecule has 4 nitrogen and oxygen atoms in total. The largest absolute Gasteiger partial charge is 0.494 e. The number of hydrazine groups is 1. The van der Waals surface area contributed by atoms with Gasteiger partial charge in [-0.25, -0.2) is 0 Å². The molecule has 1 rings (SSSR count). The van der Waals surface area contributed by atoms with Crippen molar-refractivity contribution < 1.29 is 9.47 Å². The van der Waals surface area contributed by atoms with Gasteiger partial charge in [0.1, 0.15) is 5.75 Å². The standard InChI is InChI=1S/C12H20N2O2/c1-4-16-11-7-5-10(6-8-11)12(14-13)9(2)15-3/h5-9,12,14H,4,13H2,1-3H3. The van der Waals surface area contributed by atoms with Crippen LogP contribution in [0, 0.1) is 0 Å². The zero-order chi connectivity index (χ0) is 12.0. The van der Waals surface area contributed by atoms with E-state index in [9.17, 15) is 0 Å². The van der Waals surface area contributed by atoms with Gasteiger partial charge >= 0.3 is 0 Å². The predicted octanol–water partition coefficient (Wildman–Crippen LogP) is 1.62. The van der Waals surface area contributed by atoms with E-state index in [1.165, 1.54) is 0 Å². The van der Waals surface area contributed by atoms with Crippen LogP contribution in [-0.4, -0.2) is 19.8 Å². The summed E-state index contributed by atoms with van der Waals surface area (Å²) in [5, 5.41) is 0. The van der Waals surface area contributed by atoms with Crippen molar-refractivity contribution in [2.45, 2.75) is 26.0 Å². The van der Waals surface area contributed by atoms with Gasteiger partial charge in [0.15, 0.2) is 0 Å². The van der Waals surface area contributed by atoms with Crippen molar-refractivity contribution in [1.29, 1.82) is 0 Å². The van der Waals surface area contributed by atoms with Gasteiger partial charge in [-0.3, -0.25) is 11.3 Å². The first-order chi connectivity index (χ1) is 7.72. The molecule has 0 heterocycles. The molecule has 0 fully saturated rings. The number of hydrogen-bond donors (Lipinski definition) is 2. The van der Waals surface area contributed by atoms with Crippen molar-refractivity contribution in [3.63, 3.8) is 0 Å². The van der Waals surface area contributed by atoms with Gasteiger partial charge < -0.3 is 9.47 Å². The zero-order valence-electron chi connectivity index (χ0n) is 10.1. The Hall–Kier alpha value is -1.10. The summed E-state index contributed by atoms with van der Waals surface area (Å²) in [6.45, 7) is 4.61. The lowest BCUT2D eigenvalue weighted by atomic mass is 10.0. The van der Waals surface area contributed by atoms with E-state index in [0.717, 1.165) is 11.3 Å². The van der Waals surface area contributed by atoms with E-state index < -0.39 is 0 Å². The molecule has 2 unspecified atom stereocenters. The number of hydrogen-bond acceptors (Lipinski definition) is 4. The molecule has 0 amide bonds. The highest BCUT2D eigenvalue weighted by molar-refractivity contribution is 5.29. The van der Waals surface area contributed by atoms with Crippen LogP contribution < -0.4 is 16.0 Å². The molecular weight excluding hydrogens is 204 g/mol. The maximum atomic E-state index is 5.52. The minimum atomic E-state index is -0.0133. The smallest absolute Gasteiger partial charge is 0.119 e. The Bertz CT molecular complexity index is 300. The lowest BCUT2D eigenvalue weighted by molar-refractivity contribution is 0.0830. The quantitative estimate of drug-likeness (QED) is 0.569. The molecule has 0 radical (unpaired) electrons. The number of nitrogens with one attached hydrogen (secondary N) is 1. The first-order valence-corrected chi connectivity index (χ1v) is 5.44. The Balaban J connectivity index is 2.78. The molecule has 90 valence electrons. The summed E-state index contributed by atoms with van der Waals surface area (Å²) in [6, 6.07) is 7.84. The van der Waals surface area contributed by atoms with Crippen molar-refractivity contribution in [3.05, 3.63) is 29.8 Å². The molecule has 0 saturated carbocycles. The first-order valence-electron chi connectivity index (χ1n) is 5.44. The molecule has 0 bridgehead atoms. The minimum Gasteiger partial charge on any atom is -0.494 e. The maximum absolute atomic E-state index is 5.52. The monoisotopic (exact) mass is 224 g/mol. The molecule has 0 spiro atoms. The van der Waals surface area contributed by atoms with E-state index >= 15 is 0 Å². The molecule has 0 aliphatic carbocycles. The van der Waals surface area contributed by atoms with Crippen LogP contribution in [0.4, 0.5) is 0 Å². The Morgan fingerprint density at radius 3 is 2.38 bits per heavy atom. The van der Waals surface area contributed by atoms with E-state index in [1.807, 2.05) is 38.1 Å². The summed E-state index contributed by atoms with van der Waals surface area (Å²) in [4.78, 5) is 0. The Morgan fingerprint density at radius 2 is 1.94 bits per heavy atom. The maximum Gasteiger partial charge on any atom is 0.119 e. The molecule has 1 aromatic carbocycles. The number of rotatable bonds is 6. The van der Waals surface area contributed by atoms with Gasteiger partial charge in [-0.15, -0.1) is 0 Å².